The lowest BCUT2D eigenvalue weighted by molar-refractivity contribution is 0.0585. The molecule has 0 aromatic carbocycles. The zero-order valence-electron chi connectivity index (χ0n) is 6.87. The van der Waals surface area contributed by atoms with Crippen LogP contribution in [0.4, 0.5) is 0 Å². The molecule has 0 aliphatic rings. The van der Waals surface area contributed by atoms with Crippen molar-refractivity contribution in [2.45, 2.75) is 13.5 Å². The summed E-state index contributed by atoms with van der Waals surface area (Å²) in [6, 6.07) is 0. The van der Waals surface area contributed by atoms with Crippen molar-refractivity contribution < 1.29 is 9.53 Å². The zero-order chi connectivity index (χ0) is 9.14. The molecule has 66 valence electrons. The van der Waals surface area contributed by atoms with Gasteiger partial charge in [0.15, 0.2) is 5.69 Å². The third kappa shape index (κ3) is 1.50. The maximum atomic E-state index is 11.2. The van der Waals surface area contributed by atoms with E-state index in [4.69, 9.17) is 0 Å². The van der Waals surface area contributed by atoms with Gasteiger partial charge in [-0.15, -0.1) is 0 Å². The molecular weight excluding hydrogens is 224 g/mol. The molecule has 0 radical (unpaired) electrons. The van der Waals surface area contributed by atoms with Crippen LogP contribution in [0.2, 0.25) is 0 Å². The number of methoxy groups -OCH3 is 1. The van der Waals surface area contributed by atoms with Gasteiger partial charge in [0, 0.05) is 6.54 Å². The lowest BCUT2D eigenvalue weighted by atomic mass is 10.4. The van der Waals surface area contributed by atoms with E-state index in [0.717, 1.165) is 0 Å². The Morgan fingerprint density at radius 3 is 3.00 bits per heavy atom. The largest absolute Gasteiger partial charge is 0.464 e. The van der Waals surface area contributed by atoms with Gasteiger partial charge in [0.25, 0.3) is 0 Å². The Bertz CT molecular complexity index is 296. The number of hydrogen-bond donors (Lipinski definition) is 0. The summed E-state index contributed by atoms with van der Waals surface area (Å²) in [6.45, 7) is 2.56. The van der Waals surface area contributed by atoms with Crippen molar-refractivity contribution in [2.75, 3.05) is 7.11 Å². The van der Waals surface area contributed by atoms with Crippen molar-refractivity contribution in [1.82, 2.24) is 9.78 Å². The fraction of sp³-hybridized carbons (Fsp3) is 0.429. The molecular formula is C7H9BrN2O2. The van der Waals surface area contributed by atoms with Crippen molar-refractivity contribution in [3.63, 3.8) is 0 Å². The van der Waals surface area contributed by atoms with E-state index < -0.39 is 0 Å². The SMILES string of the molecule is CCn1ncc(Br)c1C(=O)OC. The second-order valence-corrected chi connectivity index (χ2v) is 3.00. The summed E-state index contributed by atoms with van der Waals surface area (Å²) >= 11 is 3.22. The highest BCUT2D eigenvalue weighted by Gasteiger charge is 2.15. The molecule has 0 saturated carbocycles. The minimum atomic E-state index is -0.374. The average Bonchev–Trinajstić information content (AvgIpc) is 2.45. The predicted octanol–water partition coefficient (Wildman–Crippen LogP) is 1.45. The molecule has 0 aliphatic heterocycles. The first kappa shape index (κ1) is 9.25. The van der Waals surface area contributed by atoms with Crippen molar-refractivity contribution in [3.8, 4) is 0 Å². The number of halogens is 1. The Balaban J connectivity index is 3.10. The summed E-state index contributed by atoms with van der Waals surface area (Å²) in [7, 11) is 1.35. The monoisotopic (exact) mass is 232 g/mol. The van der Waals surface area contributed by atoms with Gasteiger partial charge < -0.3 is 4.74 Å². The molecule has 1 rings (SSSR count). The number of nitrogens with zero attached hydrogens (tertiary/aromatic N) is 2. The van der Waals surface area contributed by atoms with E-state index in [2.05, 4.69) is 25.8 Å². The van der Waals surface area contributed by atoms with Crippen LogP contribution in [0.25, 0.3) is 0 Å². The molecule has 0 atom stereocenters. The number of rotatable bonds is 2. The summed E-state index contributed by atoms with van der Waals surface area (Å²) in [5, 5.41) is 3.97. The highest BCUT2D eigenvalue weighted by molar-refractivity contribution is 9.10. The van der Waals surface area contributed by atoms with Gasteiger partial charge in [-0.1, -0.05) is 0 Å². The van der Waals surface area contributed by atoms with Crippen LogP contribution in [0.3, 0.4) is 0 Å². The van der Waals surface area contributed by atoms with E-state index in [1.165, 1.54) is 7.11 Å². The second kappa shape index (κ2) is 3.71. The summed E-state index contributed by atoms with van der Waals surface area (Å²) < 4.78 is 6.83. The Hall–Kier alpha value is -0.840. The summed E-state index contributed by atoms with van der Waals surface area (Å²) in [4.78, 5) is 11.2. The molecule has 0 bridgehead atoms. The maximum Gasteiger partial charge on any atom is 0.357 e. The lowest BCUT2D eigenvalue weighted by Gasteiger charge is -2.01. The van der Waals surface area contributed by atoms with Crippen LogP contribution in [0.5, 0.6) is 0 Å². The van der Waals surface area contributed by atoms with E-state index in [-0.39, 0.29) is 5.97 Å². The molecule has 0 fully saturated rings. The maximum absolute atomic E-state index is 11.2. The Kier molecular flexibility index (Phi) is 2.86. The summed E-state index contributed by atoms with van der Waals surface area (Å²) in [5.41, 5.74) is 0.458. The smallest absolute Gasteiger partial charge is 0.357 e. The van der Waals surface area contributed by atoms with Gasteiger partial charge in [0.2, 0.25) is 0 Å². The zero-order valence-corrected chi connectivity index (χ0v) is 8.46. The highest BCUT2D eigenvalue weighted by Crippen LogP contribution is 2.16. The first-order valence-corrected chi connectivity index (χ1v) is 4.29. The average molecular weight is 233 g/mol. The Morgan fingerprint density at radius 1 is 1.83 bits per heavy atom. The molecule has 0 saturated heterocycles. The van der Waals surface area contributed by atoms with E-state index in [0.29, 0.717) is 16.7 Å². The van der Waals surface area contributed by atoms with Gasteiger partial charge in [-0.25, -0.2) is 4.79 Å². The van der Waals surface area contributed by atoms with Crippen LogP contribution in [-0.2, 0) is 11.3 Å². The first-order chi connectivity index (χ1) is 5.70. The van der Waals surface area contributed by atoms with Crippen molar-refractivity contribution >= 4 is 21.9 Å². The third-order valence-corrected chi connectivity index (χ3v) is 2.05. The van der Waals surface area contributed by atoms with Crippen molar-refractivity contribution in [1.29, 1.82) is 0 Å². The number of carbonyl (C=O) groups excluding carboxylic acids is 1. The van der Waals surface area contributed by atoms with Gasteiger partial charge in [-0.3, -0.25) is 4.68 Å². The molecule has 12 heavy (non-hydrogen) atoms. The predicted molar refractivity (Wildman–Crippen MR) is 46.9 cm³/mol. The van der Waals surface area contributed by atoms with Crippen molar-refractivity contribution in [3.05, 3.63) is 16.4 Å². The van der Waals surface area contributed by atoms with Gasteiger partial charge in [-0.2, -0.15) is 5.10 Å². The molecule has 5 heteroatoms. The topological polar surface area (TPSA) is 44.1 Å². The summed E-state index contributed by atoms with van der Waals surface area (Å²) in [6.07, 6.45) is 1.58. The fourth-order valence-electron chi connectivity index (χ4n) is 0.902. The minimum Gasteiger partial charge on any atom is -0.464 e. The standard InChI is InChI=1S/C7H9BrN2O2/c1-3-10-6(7(11)12-2)5(8)4-9-10/h4H,3H2,1-2H3. The van der Waals surface area contributed by atoms with Gasteiger partial charge in [-0.05, 0) is 22.9 Å². The molecule has 0 amide bonds. The van der Waals surface area contributed by atoms with Gasteiger partial charge in [0.1, 0.15) is 0 Å². The molecule has 0 unspecified atom stereocenters. The molecule has 1 aromatic heterocycles. The Labute approximate surface area is 78.6 Å². The van der Waals surface area contributed by atoms with Crippen LogP contribution in [0.1, 0.15) is 17.4 Å². The molecule has 1 aromatic rings. The highest BCUT2D eigenvalue weighted by atomic mass is 79.9. The second-order valence-electron chi connectivity index (χ2n) is 2.15. The van der Waals surface area contributed by atoms with E-state index in [1.54, 1.807) is 10.9 Å². The number of aromatic nitrogens is 2. The van der Waals surface area contributed by atoms with Crippen LogP contribution in [0.15, 0.2) is 10.7 Å². The lowest BCUT2D eigenvalue weighted by Crippen LogP contribution is -2.11. The summed E-state index contributed by atoms with van der Waals surface area (Å²) in [5.74, 6) is -0.374. The van der Waals surface area contributed by atoms with Crippen molar-refractivity contribution in [2.24, 2.45) is 0 Å². The van der Waals surface area contributed by atoms with E-state index >= 15 is 0 Å². The molecule has 0 spiro atoms. The normalized spacial score (nSPS) is 9.92. The molecule has 0 aliphatic carbocycles. The van der Waals surface area contributed by atoms with Crippen LogP contribution in [0, 0.1) is 0 Å². The van der Waals surface area contributed by atoms with Crippen LogP contribution < -0.4 is 0 Å². The molecule has 1 heterocycles. The number of esters is 1. The van der Waals surface area contributed by atoms with E-state index in [1.807, 2.05) is 6.92 Å². The fourth-order valence-corrected chi connectivity index (χ4v) is 1.36. The molecule has 0 N–H and O–H groups in total. The molecule has 4 nitrogen and oxygen atoms in total. The van der Waals surface area contributed by atoms with E-state index in [9.17, 15) is 4.79 Å². The quantitative estimate of drug-likeness (QED) is 0.726. The van der Waals surface area contributed by atoms with Crippen LogP contribution in [-0.4, -0.2) is 22.9 Å². The third-order valence-electron chi connectivity index (χ3n) is 1.47. The van der Waals surface area contributed by atoms with Gasteiger partial charge in [0.05, 0.1) is 17.8 Å². The number of carbonyl (C=O) groups is 1. The first-order valence-electron chi connectivity index (χ1n) is 3.50. The van der Waals surface area contributed by atoms with Gasteiger partial charge >= 0.3 is 5.97 Å². The Morgan fingerprint density at radius 2 is 2.50 bits per heavy atom. The number of ether oxygens (including phenoxy) is 1. The van der Waals surface area contributed by atoms with Crippen LogP contribution >= 0.6 is 15.9 Å². The number of aryl methyl sites for hydroxylation is 1. The number of hydrogen-bond acceptors (Lipinski definition) is 3. The minimum absolute atomic E-state index is 0.374.